The van der Waals surface area contributed by atoms with Gasteiger partial charge in [-0.2, -0.15) is 0 Å². The third kappa shape index (κ3) is 5.03. The number of anilines is 1. The van der Waals surface area contributed by atoms with E-state index < -0.39 is 0 Å². The van der Waals surface area contributed by atoms with Crippen LogP contribution in [-0.2, 0) is 11.3 Å². The molecule has 0 spiro atoms. The van der Waals surface area contributed by atoms with Gasteiger partial charge in [0.15, 0.2) is 11.0 Å². The third-order valence-corrected chi connectivity index (χ3v) is 7.88. The summed E-state index contributed by atoms with van der Waals surface area (Å²) in [7, 11) is 0. The van der Waals surface area contributed by atoms with E-state index in [4.69, 9.17) is 0 Å². The molecule has 8 heteroatoms. The maximum Gasteiger partial charge on any atom is 0.237 e. The molecule has 172 valence electrons. The number of para-hydroxylation sites is 1. The van der Waals surface area contributed by atoms with Crippen LogP contribution in [0.1, 0.15) is 18.9 Å². The number of benzene rings is 2. The second-order valence-electron chi connectivity index (χ2n) is 8.14. The second kappa shape index (κ2) is 10.4. The Labute approximate surface area is 207 Å². The molecule has 0 aliphatic carbocycles. The van der Waals surface area contributed by atoms with Crippen LogP contribution in [0.25, 0.3) is 11.4 Å². The Balaban J connectivity index is 1.39. The zero-order chi connectivity index (χ0) is 23.3. The van der Waals surface area contributed by atoms with Gasteiger partial charge in [-0.3, -0.25) is 14.3 Å². The Morgan fingerprint density at radius 3 is 2.71 bits per heavy atom. The summed E-state index contributed by atoms with van der Waals surface area (Å²) in [5.41, 5.74) is 3.05. The SMILES string of the molecule is C[C@@H]1CCN(C(=O)CSc2nnc(-c3cccnc3)n2Cc2ccccc2)c2ccccc2S1. The van der Waals surface area contributed by atoms with Crippen molar-refractivity contribution in [2.75, 3.05) is 17.2 Å². The first kappa shape index (κ1) is 22.7. The molecule has 1 aliphatic heterocycles. The Bertz CT molecular complexity index is 1260. The van der Waals surface area contributed by atoms with E-state index in [-0.39, 0.29) is 5.91 Å². The minimum Gasteiger partial charge on any atom is -0.311 e. The summed E-state index contributed by atoms with van der Waals surface area (Å²) in [6.07, 6.45) is 4.50. The van der Waals surface area contributed by atoms with E-state index in [0.717, 1.165) is 45.7 Å². The standard InChI is InChI=1S/C26H25N5OS2/c1-19-13-15-30(22-11-5-6-12-23(22)34-19)24(32)18-33-26-29-28-25(21-10-7-14-27-16-21)31(26)17-20-8-3-2-4-9-20/h2-12,14,16,19H,13,15,17-18H2,1H3/t19-/m1/s1. The molecule has 0 unspecified atom stereocenters. The van der Waals surface area contributed by atoms with Crippen molar-refractivity contribution < 1.29 is 4.79 Å². The highest BCUT2D eigenvalue weighted by Gasteiger charge is 2.25. The summed E-state index contributed by atoms with van der Waals surface area (Å²) in [6.45, 7) is 3.56. The lowest BCUT2D eigenvalue weighted by Gasteiger charge is -2.22. The summed E-state index contributed by atoms with van der Waals surface area (Å²) < 4.78 is 2.07. The van der Waals surface area contributed by atoms with Crippen molar-refractivity contribution in [1.82, 2.24) is 19.7 Å². The van der Waals surface area contributed by atoms with Crippen LogP contribution in [0, 0.1) is 0 Å². The molecule has 0 N–H and O–H groups in total. The maximum atomic E-state index is 13.4. The van der Waals surface area contributed by atoms with Crippen LogP contribution in [-0.4, -0.2) is 43.2 Å². The summed E-state index contributed by atoms with van der Waals surface area (Å²) in [4.78, 5) is 20.7. The van der Waals surface area contributed by atoms with E-state index in [0.29, 0.717) is 17.5 Å². The third-order valence-electron chi connectivity index (χ3n) is 5.69. The van der Waals surface area contributed by atoms with Crippen LogP contribution in [0.15, 0.2) is 89.2 Å². The first-order chi connectivity index (χ1) is 16.7. The molecule has 4 aromatic rings. The van der Waals surface area contributed by atoms with Crippen molar-refractivity contribution in [3.05, 3.63) is 84.7 Å². The lowest BCUT2D eigenvalue weighted by molar-refractivity contribution is -0.116. The van der Waals surface area contributed by atoms with E-state index >= 15 is 0 Å². The smallest absolute Gasteiger partial charge is 0.237 e. The Morgan fingerprint density at radius 1 is 1.06 bits per heavy atom. The molecule has 0 saturated carbocycles. The number of fused-ring (bicyclic) bond motifs is 1. The van der Waals surface area contributed by atoms with E-state index in [1.165, 1.54) is 11.8 Å². The minimum absolute atomic E-state index is 0.0874. The monoisotopic (exact) mass is 487 g/mol. The summed E-state index contributed by atoms with van der Waals surface area (Å²) >= 11 is 3.28. The molecule has 0 fully saturated rings. The zero-order valence-electron chi connectivity index (χ0n) is 18.9. The molecule has 2 aromatic carbocycles. The molecular formula is C26H25N5OS2. The summed E-state index contributed by atoms with van der Waals surface area (Å²) in [5, 5.41) is 10.1. The molecule has 3 heterocycles. The second-order valence-corrected chi connectivity index (χ2v) is 10.6. The van der Waals surface area contributed by atoms with E-state index in [1.807, 2.05) is 65.2 Å². The Hall–Kier alpha value is -3.10. The summed E-state index contributed by atoms with van der Waals surface area (Å²) in [6, 6.07) is 22.3. The van der Waals surface area contributed by atoms with Gasteiger partial charge in [0.05, 0.1) is 18.0 Å². The average molecular weight is 488 g/mol. The van der Waals surface area contributed by atoms with Crippen molar-refractivity contribution >= 4 is 35.1 Å². The highest BCUT2D eigenvalue weighted by atomic mass is 32.2. The van der Waals surface area contributed by atoms with Gasteiger partial charge in [-0.05, 0) is 36.2 Å². The number of amides is 1. The zero-order valence-corrected chi connectivity index (χ0v) is 20.5. The van der Waals surface area contributed by atoms with Crippen LogP contribution in [0.3, 0.4) is 0 Å². The Kier molecular flexibility index (Phi) is 6.97. The molecular weight excluding hydrogens is 462 g/mol. The quantitative estimate of drug-likeness (QED) is 0.340. The van der Waals surface area contributed by atoms with Gasteiger partial charge in [0.25, 0.3) is 0 Å². The van der Waals surface area contributed by atoms with Gasteiger partial charge >= 0.3 is 0 Å². The van der Waals surface area contributed by atoms with E-state index in [1.54, 1.807) is 12.4 Å². The Morgan fingerprint density at radius 2 is 1.88 bits per heavy atom. The molecule has 0 bridgehead atoms. The van der Waals surface area contributed by atoms with Crippen molar-refractivity contribution in [2.45, 2.75) is 35.2 Å². The molecule has 6 nitrogen and oxygen atoms in total. The molecule has 1 atom stereocenters. The number of rotatable bonds is 6. The topological polar surface area (TPSA) is 63.9 Å². The van der Waals surface area contributed by atoms with Crippen molar-refractivity contribution in [3.8, 4) is 11.4 Å². The lowest BCUT2D eigenvalue weighted by Crippen LogP contribution is -2.33. The van der Waals surface area contributed by atoms with Crippen LogP contribution in [0.5, 0.6) is 0 Å². The van der Waals surface area contributed by atoms with E-state index in [9.17, 15) is 4.79 Å². The molecule has 0 saturated heterocycles. The number of aromatic nitrogens is 4. The molecule has 34 heavy (non-hydrogen) atoms. The van der Waals surface area contributed by atoms with Gasteiger partial charge in [0.2, 0.25) is 5.91 Å². The number of thioether (sulfide) groups is 2. The van der Waals surface area contributed by atoms with Crippen LogP contribution >= 0.6 is 23.5 Å². The number of hydrogen-bond donors (Lipinski definition) is 0. The molecule has 2 aromatic heterocycles. The van der Waals surface area contributed by atoms with Crippen molar-refractivity contribution in [1.29, 1.82) is 0 Å². The van der Waals surface area contributed by atoms with Gasteiger partial charge in [-0.25, -0.2) is 0 Å². The number of hydrogen-bond acceptors (Lipinski definition) is 6. The first-order valence-corrected chi connectivity index (χ1v) is 13.1. The molecule has 5 rings (SSSR count). The predicted octanol–water partition coefficient (Wildman–Crippen LogP) is 5.40. The normalized spacial score (nSPS) is 15.6. The number of pyridine rings is 1. The highest BCUT2D eigenvalue weighted by Crippen LogP contribution is 2.37. The summed E-state index contributed by atoms with van der Waals surface area (Å²) in [5.74, 6) is 1.13. The van der Waals surface area contributed by atoms with Gasteiger partial charge in [-0.1, -0.05) is 61.2 Å². The molecule has 1 aliphatic rings. The average Bonchev–Trinajstić information content (AvgIpc) is 3.18. The van der Waals surface area contributed by atoms with Gasteiger partial charge in [-0.15, -0.1) is 22.0 Å². The number of carbonyl (C=O) groups is 1. The largest absolute Gasteiger partial charge is 0.311 e. The fourth-order valence-electron chi connectivity index (χ4n) is 3.96. The van der Waals surface area contributed by atoms with Crippen LogP contribution < -0.4 is 4.90 Å². The lowest BCUT2D eigenvalue weighted by atomic mass is 10.2. The molecule has 0 radical (unpaired) electrons. The fraction of sp³-hybridized carbons (Fsp3) is 0.231. The fourth-order valence-corrected chi connectivity index (χ4v) is 5.89. The van der Waals surface area contributed by atoms with Crippen LogP contribution in [0.2, 0.25) is 0 Å². The van der Waals surface area contributed by atoms with Crippen LogP contribution in [0.4, 0.5) is 5.69 Å². The number of nitrogens with zero attached hydrogens (tertiary/aromatic N) is 5. The van der Waals surface area contributed by atoms with Crippen molar-refractivity contribution in [3.63, 3.8) is 0 Å². The van der Waals surface area contributed by atoms with Crippen molar-refractivity contribution in [2.24, 2.45) is 0 Å². The number of carbonyl (C=O) groups excluding carboxylic acids is 1. The minimum atomic E-state index is 0.0874. The van der Waals surface area contributed by atoms with E-state index in [2.05, 4.69) is 44.9 Å². The van der Waals surface area contributed by atoms with Gasteiger partial charge in [0, 0.05) is 34.6 Å². The molecule has 1 amide bonds. The van der Waals surface area contributed by atoms with Gasteiger partial charge in [0.1, 0.15) is 0 Å². The highest BCUT2D eigenvalue weighted by molar-refractivity contribution is 8.00. The first-order valence-electron chi connectivity index (χ1n) is 11.3. The van der Waals surface area contributed by atoms with Gasteiger partial charge < -0.3 is 4.90 Å². The predicted molar refractivity (Wildman–Crippen MR) is 138 cm³/mol. The maximum absolute atomic E-state index is 13.4.